The van der Waals surface area contributed by atoms with Gasteiger partial charge in [0.2, 0.25) is 0 Å². The molecule has 0 aliphatic carbocycles. The Balaban J connectivity index is 0.00000320. The van der Waals surface area contributed by atoms with Gasteiger partial charge in [0, 0.05) is 38.7 Å². The van der Waals surface area contributed by atoms with Crippen LogP contribution in [0, 0.1) is 6.92 Å². The number of hydrogen-bond donors (Lipinski definition) is 2. The number of nitrogens with zero attached hydrogens (tertiary/aromatic N) is 4. The summed E-state index contributed by atoms with van der Waals surface area (Å²) in [6, 6.07) is 9.04. The van der Waals surface area contributed by atoms with Gasteiger partial charge in [-0.05, 0) is 36.2 Å². The molecule has 3 rings (SSSR count). The van der Waals surface area contributed by atoms with Crippen molar-refractivity contribution < 1.29 is 13.2 Å². The van der Waals surface area contributed by atoms with Crippen molar-refractivity contribution in [1.29, 1.82) is 0 Å². The first-order chi connectivity index (χ1) is 13.9. The minimum absolute atomic E-state index is 0. The lowest BCUT2D eigenvalue weighted by molar-refractivity contribution is -0.137. The fourth-order valence-corrected chi connectivity index (χ4v) is 2.73. The molecule has 0 amide bonds. The molecule has 0 saturated carbocycles. The van der Waals surface area contributed by atoms with E-state index in [0.717, 1.165) is 29.3 Å². The zero-order valence-electron chi connectivity index (χ0n) is 16.4. The Morgan fingerprint density at radius 1 is 1.07 bits per heavy atom. The van der Waals surface area contributed by atoms with Crippen LogP contribution in [-0.4, -0.2) is 27.5 Å². The minimum Gasteiger partial charge on any atom is -0.352 e. The number of imidazole rings is 1. The SMILES string of the molecule is CN=C(NCc1ccc(-n2ccnc2C)nc1)NCc1cccc(C(F)(F)F)c1.I. The van der Waals surface area contributed by atoms with Gasteiger partial charge < -0.3 is 10.6 Å². The van der Waals surface area contributed by atoms with Gasteiger partial charge in [0.05, 0.1) is 5.56 Å². The Hall–Kier alpha value is -2.63. The highest BCUT2D eigenvalue weighted by Crippen LogP contribution is 2.29. The molecule has 0 spiro atoms. The summed E-state index contributed by atoms with van der Waals surface area (Å²) in [6.07, 6.45) is 0.952. The summed E-state index contributed by atoms with van der Waals surface area (Å²) in [5, 5.41) is 6.14. The molecule has 0 atom stereocenters. The molecule has 0 aliphatic heterocycles. The van der Waals surface area contributed by atoms with Crippen molar-refractivity contribution in [1.82, 2.24) is 25.2 Å². The maximum Gasteiger partial charge on any atom is 0.416 e. The fraction of sp³-hybridized carbons (Fsp3) is 0.250. The van der Waals surface area contributed by atoms with E-state index in [1.165, 1.54) is 6.07 Å². The molecule has 0 radical (unpaired) electrons. The van der Waals surface area contributed by atoms with E-state index >= 15 is 0 Å². The van der Waals surface area contributed by atoms with Gasteiger partial charge in [-0.2, -0.15) is 13.2 Å². The Kier molecular flexibility index (Phi) is 8.21. The lowest BCUT2D eigenvalue weighted by atomic mass is 10.1. The maximum atomic E-state index is 12.8. The van der Waals surface area contributed by atoms with Crippen molar-refractivity contribution in [2.75, 3.05) is 7.05 Å². The first kappa shape index (κ1) is 23.6. The van der Waals surface area contributed by atoms with E-state index in [1.54, 1.807) is 25.5 Å². The van der Waals surface area contributed by atoms with Gasteiger partial charge in [0.25, 0.3) is 0 Å². The summed E-state index contributed by atoms with van der Waals surface area (Å²) in [4.78, 5) is 12.7. The molecule has 30 heavy (non-hydrogen) atoms. The minimum atomic E-state index is -4.36. The van der Waals surface area contributed by atoms with Crippen molar-refractivity contribution >= 4 is 29.9 Å². The lowest BCUT2D eigenvalue weighted by Gasteiger charge is -2.13. The number of halogens is 4. The molecule has 0 aliphatic rings. The van der Waals surface area contributed by atoms with E-state index in [1.807, 2.05) is 29.8 Å². The third kappa shape index (κ3) is 6.18. The van der Waals surface area contributed by atoms with Crippen LogP contribution in [0.25, 0.3) is 5.82 Å². The van der Waals surface area contributed by atoms with Crippen LogP contribution in [0.1, 0.15) is 22.5 Å². The standard InChI is InChI=1S/C20H21F3N6.HI/c1-14-25-8-9-29(14)18-7-6-16(12-26-18)13-28-19(24-2)27-11-15-4-3-5-17(10-15)20(21,22)23;/h3-10,12H,11,13H2,1-2H3,(H2,24,27,28);1H. The fourth-order valence-electron chi connectivity index (χ4n) is 2.73. The van der Waals surface area contributed by atoms with Crippen LogP contribution in [0.15, 0.2) is 60.0 Å². The van der Waals surface area contributed by atoms with E-state index in [-0.39, 0.29) is 30.5 Å². The second-order valence-corrected chi connectivity index (χ2v) is 6.35. The van der Waals surface area contributed by atoms with E-state index < -0.39 is 11.7 Å². The van der Waals surface area contributed by atoms with Gasteiger partial charge in [0.1, 0.15) is 11.6 Å². The quantitative estimate of drug-likeness (QED) is 0.297. The highest BCUT2D eigenvalue weighted by Gasteiger charge is 2.30. The topological polar surface area (TPSA) is 67.1 Å². The number of aromatic nitrogens is 3. The zero-order chi connectivity index (χ0) is 20.9. The number of nitrogens with one attached hydrogen (secondary N) is 2. The molecule has 2 N–H and O–H groups in total. The van der Waals surface area contributed by atoms with Crippen LogP contribution in [0.4, 0.5) is 13.2 Å². The smallest absolute Gasteiger partial charge is 0.352 e. The molecule has 6 nitrogen and oxygen atoms in total. The molecular weight excluding hydrogens is 508 g/mol. The summed E-state index contributed by atoms with van der Waals surface area (Å²) in [7, 11) is 1.60. The number of alkyl halides is 3. The van der Waals surface area contributed by atoms with E-state index in [0.29, 0.717) is 18.1 Å². The monoisotopic (exact) mass is 530 g/mol. The molecular formula is C20H22F3IN6. The Labute approximate surface area is 189 Å². The Morgan fingerprint density at radius 2 is 1.80 bits per heavy atom. The molecule has 0 unspecified atom stereocenters. The number of hydrogen-bond acceptors (Lipinski definition) is 3. The molecule has 10 heteroatoms. The predicted octanol–water partition coefficient (Wildman–Crippen LogP) is 4.08. The highest BCUT2D eigenvalue weighted by molar-refractivity contribution is 14.0. The number of benzene rings is 1. The summed E-state index contributed by atoms with van der Waals surface area (Å²) in [5.74, 6) is 2.11. The molecule has 2 heterocycles. The predicted molar refractivity (Wildman–Crippen MR) is 120 cm³/mol. The Morgan fingerprint density at radius 3 is 2.37 bits per heavy atom. The van der Waals surface area contributed by atoms with Gasteiger partial charge in [-0.1, -0.05) is 18.2 Å². The number of pyridine rings is 1. The van der Waals surface area contributed by atoms with Crippen molar-refractivity contribution in [2.24, 2.45) is 4.99 Å². The van der Waals surface area contributed by atoms with Gasteiger partial charge in [-0.3, -0.25) is 9.56 Å². The van der Waals surface area contributed by atoms with Gasteiger partial charge in [-0.25, -0.2) is 9.97 Å². The molecule has 160 valence electrons. The first-order valence-corrected chi connectivity index (χ1v) is 8.93. The summed E-state index contributed by atoms with van der Waals surface area (Å²) >= 11 is 0. The average Bonchev–Trinajstić information content (AvgIpc) is 3.14. The number of rotatable bonds is 5. The van der Waals surface area contributed by atoms with Gasteiger partial charge in [0.15, 0.2) is 5.96 Å². The third-order valence-corrected chi connectivity index (χ3v) is 4.28. The average molecular weight is 530 g/mol. The summed E-state index contributed by atoms with van der Waals surface area (Å²) in [5.41, 5.74) is 0.789. The van der Waals surface area contributed by atoms with Crippen molar-refractivity contribution in [3.8, 4) is 5.82 Å². The van der Waals surface area contributed by atoms with Crippen LogP contribution in [-0.2, 0) is 19.3 Å². The number of aryl methyl sites for hydroxylation is 1. The number of aliphatic imine (C=N–C) groups is 1. The highest BCUT2D eigenvalue weighted by atomic mass is 127. The third-order valence-electron chi connectivity index (χ3n) is 4.28. The largest absolute Gasteiger partial charge is 0.416 e. The van der Waals surface area contributed by atoms with Crippen molar-refractivity contribution in [3.05, 3.63) is 77.5 Å². The lowest BCUT2D eigenvalue weighted by Crippen LogP contribution is -2.36. The molecule has 1 aromatic carbocycles. The zero-order valence-corrected chi connectivity index (χ0v) is 18.8. The first-order valence-electron chi connectivity index (χ1n) is 8.93. The van der Waals surface area contributed by atoms with Gasteiger partial charge in [-0.15, -0.1) is 24.0 Å². The second kappa shape index (κ2) is 10.4. The second-order valence-electron chi connectivity index (χ2n) is 6.35. The normalized spacial score (nSPS) is 11.7. The van der Waals surface area contributed by atoms with E-state index in [9.17, 15) is 13.2 Å². The van der Waals surface area contributed by atoms with Crippen LogP contribution >= 0.6 is 24.0 Å². The molecule has 0 bridgehead atoms. The summed E-state index contributed by atoms with van der Waals surface area (Å²) < 4.78 is 40.3. The van der Waals surface area contributed by atoms with Crippen LogP contribution in [0.5, 0.6) is 0 Å². The molecule has 0 saturated heterocycles. The van der Waals surface area contributed by atoms with Crippen molar-refractivity contribution in [2.45, 2.75) is 26.2 Å². The van der Waals surface area contributed by atoms with Crippen molar-refractivity contribution in [3.63, 3.8) is 0 Å². The van der Waals surface area contributed by atoms with Crippen LogP contribution < -0.4 is 10.6 Å². The summed E-state index contributed by atoms with van der Waals surface area (Å²) in [6.45, 7) is 2.59. The Bertz CT molecular complexity index is 983. The van der Waals surface area contributed by atoms with E-state index in [4.69, 9.17) is 0 Å². The number of guanidine groups is 1. The molecule has 2 aromatic heterocycles. The van der Waals surface area contributed by atoms with E-state index in [2.05, 4.69) is 25.6 Å². The van der Waals surface area contributed by atoms with Crippen LogP contribution in [0.3, 0.4) is 0 Å². The molecule has 0 fully saturated rings. The van der Waals surface area contributed by atoms with Crippen LogP contribution in [0.2, 0.25) is 0 Å². The maximum absolute atomic E-state index is 12.8. The van der Waals surface area contributed by atoms with Gasteiger partial charge >= 0.3 is 6.18 Å². The molecule has 3 aromatic rings.